The van der Waals surface area contributed by atoms with Crippen molar-refractivity contribution >= 4 is 21.9 Å². The Morgan fingerprint density at radius 1 is 1.15 bits per heavy atom. The van der Waals surface area contributed by atoms with Crippen LogP contribution in [0.15, 0.2) is 29.2 Å². The molecule has 1 saturated heterocycles. The molecule has 1 amide bonds. The van der Waals surface area contributed by atoms with Crippen LogP contribution in [0.3, 0.4) is 0 Å². The molecule has 1 heterocycles. The van der Waals surface area contributed by atoms with Crippen molar-refractivity contribution < 1.29 is 27.9 Å². The Labute approximate surface area is 152 Å². The number of morpholine rings is 1. The molecule has 2 fully saturated rings. The molecule has 3 rings (SSSR count). The zero-order chi connectivity index (χ0) is 18.8. The van der Waals surface area contributed by atoms with Crippen LogP contribution < -0.4 is 5.32 Å². The highest BCUT2D eigenvalue weighted by Crippen LogP contribution is 2.30. The summed E-state index contributed by atoms with van der Waals surface area (Å²) in [6.07, 6.45) is 2.22. The quantitative estimate of drug-likeness (QED) is 0.780. The van der Waals surface area contributed by atoms with E-state index in [1.54, 1.807) is 0 Å². The molecule has 9 heteroatoms. The molecule has 1 aromatic carbocycles. The normalized spacial score (nSPS) is 20.6. The third-order valence-electron chi connectivity index (χ3n) is 4.92. The number of amides is 1. The first-order valence-electron chi connectivity index (χ1n) is 8.59. The highest BCUT2D eigenvalue weighted by atomic mass is 32.2. The second kappa shape index (κ2) is 7.34. The average Bonchev–Trinajstić information content (AvgIpc) is 3.12. The zero-order valence-electron chi connectivity index (χ0n) is 14.3. The minimum atomic E-state index is -3.72. The summed E-state index contributed by atoms with van der Waals surface area (Å²) in [6, 6.07) is 5.71. The van der Waals surface area contributed by atoms with Gasteiger partial charge in [0.15, 0.2) is 0 Å². The van der Waals surface area contributed by atoms with Crippen LogP contribution >= 0.6 is 0 Å². The number of hydrogen-bond acceptors (Lipinski definition) is 5. The van der Waals surface area contributed by atoms with E-state index in [4.69, 9.17) is 4.74 Å². The molecule has 0 aromatic heterocycles. The fourth-order valence-corrected chi connectivity index (χ4v) is 4.85. The Bertz CT molecular complexity index is 795. The van der Waals surface area contributed by atoms with E-state index < -0.39 is 27.4 Å². The van der Waals surface area contributed by atoms with Crippen molar-refractivity contribution in [3.8, 4) is 0 Å². The predicted octanol–water partition coefficient (Wildman–Crippen LogP) is 0.835. The molecule has 1 saturated carbocycles. The molecule has 2 N–H and O–H groups in total. The molecule has 0 spiro atoms. The van der Waals surface area contributed by atoms with Crippen molar-refractivity contribution in [2.45, 2.75) is 36.1 Å². The van der Waals surface area contributed by atoms with Gasteiger partial charge in [-0.05, 0) is 31.0 Å². The van der Waals surface area contributed by atoms with Crippen molar-refractivity contribution in [2.75, 3.05) is 26.3 Å². The number of rotatable bonds is 5. The van der Waals surface area contributed by atoms with Gasteiger partial charge in [0, 0.05) is 18.7 Å². The molecule has 26 heavy (non-hydrogen) atoms. The van der Waals surface area contributed by atoms with Crippen LogP contribution in [0.4, 0.5) is 0 Å². The molecule has 8 nitrogen and oxygen atoms in total. The van der Waals surface area contributed by atoms with Gasteiger partial charge in [0.25, 0.3) is 5.91 Å². The van der Waals surface area contributed by atoms with E-state index in [2.05, 4.69) is 5.32 Å². The molecule has 0 bridgehead atoms. The van der Waals surface area contributed by atoms with E-state index in [9.17, 15) is 23.1 Å². The van der Waals surface area contributed by atoms with Crippen LogP contribution in [-0.2, 0) is 19.6 Å². The van der Waals surface area contributed by atoms with Gasteiger partial charge in [0.1, 0.15) is 5.54 Å². The Hall–Kier alpha value is -1.97. The summed E-state index contributed by atoms with van der Waals surface area (Å²) >= 11 is 0. The molecule has 1 aliphatic carbocycles. The number of benzene rings is 1. The van der Waals surface area contributed by atoms with E-state index >= 15 is 0 Å². The molecule has 1 aliphatic heterocycles. The summed E-state index contributed by atoms with van der Waals surface area (Å²) in [6.45, 7) is 1.20. The van der Waals surface area contributed by atoms with Gasteiger partial charge in [-0.2, -0.15) is 4.31 Å². The van der Waals surface area contributed by atoms with Gasteiger partial charge >= 0.3 is 5.97 Å². The van der Waals surface area contributed by atoms with Crippen LogP contribution in [0.5, 0.6) is 0 Å². The number of aliphatic carboxylic acids is 1. The number of hydrogen-bond donors (Lipinski definition) is 2. The summed E-state index contributed by atoms with van der Waals surface area (Å²) in [5.74, 6) is -1.63. The Morgan fingerprint density at radius 3 is 2.42 bits per heavy atom. The number of nitrogens with one attached hydrogen (secondary N) is 1. The number of carbonyl (C=O) groups is 2. The number of nitrogens with zero attached hydrogens (tertiary/aromatic N) is 1. The largest absolute Gasteiger partial charge is 0.480 e. The maximum atomic E-state index is 12.7. The fourth-order valence-electron chi connectivity index (χ4n) is 3.39. The van der Waals surface area contributed by atoms with Crippen molar-refractivity contribution in [2.24, 2.45) is 0 Å². The minimum Gasteiger partial charge on any atom is -0.480 e. The van der Waals surface area contributed by atoms with Crippen molar-refractivity contribution in [3.05, 3.63) is 29.8 Å². The van der Waals surface area contributed by atoms with Gasteiger partial charge in [-0.25, -0.2) is 13.2 Å². The number of carbonyl (C=O) groups excluding carboxylic acids is 1. The van der Waals surface area contributed by atoms with Crippen LogP contribution in [0.2, 0.25) is 0 Å². The van der Waals surface area contributed by atoms with Crippen LogP contribution in [-0.4, -0.2) is 61.5 Å². The standard InChI is InChI=1S/C17H22N2O6S/c20-15(18-17(16(21)22)6-1-2-7-17)13-4-3-5-14(12-13)26(23,24)19-8-10-25-11-9-19/h3-5,12H,1-2,6-11H2,(H,18,20)(H,21,22). The summed E-state index contributed by atoms with van der Waals surface area (Å²) in [7, 11) is -3.72. The highest BCUT2D eigenvalue weighted by molar-refractivity contribution is 7.89. The van der Waals surface area contributed by atoms with Crippen molar-refractivity contribution in [1.29, 1.82) is 0 Å². The molecule has 0 unspecified atom stereocenters. The molecular weight excluding hydrogens is 360 g/mol. The maximum Gasteiger partial charge on any atom is 0.329 e. The van der Waals surface area contributed by atoms with Crippen LogP contribution in [0.1, 0.15) is 36.0 Å². The second-order valence-electron chi connectivity index (χ2n) is 6.59. The summed E-state index contributed by atoms with van der Waals surface area (Å²) in [4.78, 5) is 24.2. The molecular formula is C17H22N2O6S. The van der Waals surface area contributed by atoms with Crippen molar-refractivity contribution in [1.82, 2.24) is 9.62 Å². The van der Waals surface area contributed by atoms with Gasteiger partial charge in [-0.3, -0.25) is 4.79 Å². The lowest BCUT2D eigenvalue weighted by molar-refractivity contribution is -0.144. The van der Waals surface area contributed by atoms with Gasteiger partial charge in [0.2, 0.25) is 10.0 Å². The van der Waals surface area contributed by atoms with E-state index in [-0.39, 0.29) is 23.5 Å². The maximum absolute atomic E-state index is 12.7. The fraction of sp³-hybridized carbons (Fsp3) is 0.529. The number of carboxylic acid groups (broad SMARTS) is 1. The smallest absolute Gasteiger partial charge is 0.329 e. The Morgan fingerprint density at radius 2 is 1.81 bits per heavy atom. The first-order valence-corrected chi connectivity index (χ1v) is 10.0. The topological polar surface area (TPSA) is 113 Å². The summed E-state index contributed by atoms with van der Waals surface area (Å²) < 4.78 is 31.9. The number of carboxylic acids is 1. The molecule has 142 valence electrons. The molecule has 1 aromatic rings. The SMILES string of the molecule is O=C(NC1(C(=O)O)CCCC1)c1cccc(S(=O)(=O)N2CCOCC2)c1. The molecule has 0 atom stereocenters. The summed E-state index contributed by atoms with van der Waals surface area (Å²) in [5, 5.41) is 12.1. The van der Waals surface area contributed by atoms with Crippen molar-refractivity contribution in [3.63, 3.8) is 0 Å². The lowest BCUT2D eigenvalue weighted by Gasteiger charge is -2.27. The van der Waals surface area contributed by atoms with Gasteiger partial charge in [-0.15, -0.1) is 0 Å². The average molecular weight is 382 g/mol. The number of ether oxygens (including phenoxy) is 1. The van der Waals surface area contributed by atoms with Gasteiger partial charge < -0.3 is 15.2 Å². The number of sulfonamides is 1. The van der Waals surface area contributed by atoms with E-state index in [0.29, 0.717) is 26.1 Å². The third kappa shape index (κ3) is 3.60. The predicted molar refractivity (Wildman–Crippen MR) is 92.3 cm³/mol. The van der Waals surface area contributed by atoms with E-state index in [1.807, 2.05) is 0 Å². The first kappa shape index (κ1) is 18.8. The van der Waals surface area contributed by atoms with Gasteiger partial charge in [0.05, 0.1) is 18.1 Å². The lowest BCUT2D eigenvalue weighted by Crippen LogP contribution is -2.52. The summed E-state index contributed by atoms with van der Waals surface area (Å²) in [5.41, 5.74) is -1.14. The first-order chi connectivity index (χ1) is 12.3. The Kier molecular flexibility index (Phi) is 5.31. The second-order valence-corrected chi connectivity index (χ2v) is 8.53. The van der Waals surface area contributed by atoms with E-state index in [0.717, 1.165) is 12.8 Å². The third-order valence-corrected chi connectivity index (χ3v) is 6.82. The Balaban J connectivity index is 1.82. The van der Waals surface area contributed by atoms with Crippen LogP contribution in [0.25, 0.3) is 0 Å². The van der Waals surface area contributed by atoms with Gasteiger partial charge in [-0.1, -0.05) is 18.9 Å². The monoisotopic (exact) mass is 382 g/mol. The minimum absolute atomic E-state index is 0.0165. The zero-order valence-corrected chi connectivity index (χ0v) is 15.1. The lowest BCUT2D eigenvalue weighted by atomic mass is 9.97. The van der Waals surface area contributed by atoms with Crippen LogP contribution in [0, 0.1) is 0 Å². The molecule has 0 radical (unpaired) electrons. The van der Waals surface area contributed by atoms with E-state index in [1.165, 1.54) is 28.6 Å². The highest BCUT2D eigenvalue weighted by Gasteiger charge is 2.42. The molecule has 2 aliphatic rings.